The third-order valence-electron chi connectivity index (χ3n) is 1.96. The van der Waals surface area contributed by atoms with Crippen molar-refractivity contribution in [2.45, 2.75) is 4.90 Å². The van der Waals surface area contributed by atoms with Gasteiger partial charge < -0.3 is 5.21 Å². The van der Waals surface area contributed by atoms with Gasteiger partial charge in [-0.3, -0.25) is 4.79 Å². The Hall–Kier alpha value is -1.69. The van der Waals surface area contributed by atoms with Crippen LogP contribution in [0.5, 0.6) is 0 Å². The molecule has 0 unspecified atom stereocenters. The molecular weight excluding hydrogens is 206 g/mol. The monoisotopic (exact) mass is 211 g/mol. The molecule has 0 aromatic heterocycles. The molecule has 0 aliphatic carbocycles. The summed E-state index contributed by atoms with van der Waals surface area (Å²) in [5, 5.41) is 10.1. The number of Topliss-reactive ketones (excluding diaryl/α,β-unsaturated/α-hetero) is 1. The Labute approximate surface area is 79.6 Å². The van der Waals surface area contributed by atoms with Crippen LogP contribution in [0.15, 0.2) is 34.3 Å². The van der Waals surface area contributed by atoms with Crippen LogP contribution in [0, 0.1) is 0 Å². The predicted molar refractivity (Wildman–Crippen MR) is 47.2 cm³/mol. The fraction of sp³-hybridized carbons (Fsp3) is 0. The number of ketones is 1. The lowest BCUT2D eigenvalue weighted by atomic mass is 10.1. The van der Waals surface area contributed by atoms with Crippen molar-refractivity contribution in [1.29, 1.82) is 0 Å². The largest absolute Gasteiger partial charge is 0.410 e. The molecule has 0 saturated heterocycles. The van der Waals surface area contributed by atoms with Crippen molar-refractivity contribution in [3.8, 4) is 0 Å². The van der Waals surface area contributed by atoms with Crippen LogP contribution in [-0.4, -0.2) is 24.5 Å². The molecule has 0 amide bonds. The lowest BCUT2D eigenvalue weighted by Gasteiger charge is -1.92. The number of sulfone groups is 1. The first kappa shape index (κ1) is 8.89. The smallest absolute Gasteiger partial charge is 0.246 e. The van der Waals surface area contributed by atoms with Gasteiger partial charge in [-0.15, -0.1) is 0 Å². The summed E-state index contributed by atoms with van der Waals surface area (Å²) in [6, 6.07) is 5.74. The van der Waals surface area contributed by atoms with E-state index in [1.165, 1.54) is 18.2 Å². The number of fused-ring (bicyclic) bond motifs is 1. The number of oxime groups is 1. The van der Waals surface area contributed by atoms with E-state index in [9.17, 15) is 13.2 Å². The van der Waals surface area contributed by atoms with Crippen LogP contribution < -0.4 is 0 Å². The Balaban J connectivity index is 2.88. The van der Waals surface area contributed by atoms with Crippen molar-refractivity contribution in [2.24, 2.45) is 5.16 Å². The third kappa shape index (κ3) is 0.912. The summed E-state index contributed by atoms with van der Waals surface area (Å²) < 4.78 is 23.0. The lowest BCUT2D eigenvalue weighted by molar-refractivity contribution is 0.106. The van der Waals surface area contributed by atoms with Gasteiger partial charge in [-0.2, -0.15) is 0 Å². The quantitative estimate of drug-likeness (QED) is 0.498. The van der Waals surface area contributed by atoms with Crippen molar-refractivity contribution >= 4 is 20.7 Å². The highest BCUT2D eigenvalue weighted by molar-refractivity contribution is 8.09. The van der Waals surface area contributed by atoms with Crippen LogP contribution >= 0.6 is 0 Å². The third-order valence-corrected chi connectivity index (χ3v) is 3.67. The van der Waals surface area contributed by atoms with E-state index < -0.39 is 20.7 Å². The van der Waals surface area contributed by atoms with Crippen molar-refractivity contribution in [3.05, 3.63) is 29.8 Å². The van der Waals surface area contributed by atoms with Gasteiger partial charge in [-0.05, 0) is 12.1 Å². The van der Waals surface area contributed by atoms with E-state index in [-0.39, 0.29) is 10.5 Å². The molecule has 0 bridgehead atoms. The second kappa shape index (κ2) is 2.65. The molecule has 1 aliphatic heterocycles. The number of carbonyl (C=O) groups excluding carboxylic acids is 1. The number of hydrogen-bond donors (Lipinski definition) is 1. The Kier molecular flexibility index (Phi) is 1.68. The topological polar surface area (TPSA) is 83.8 Å². The van der Waals surface area contributed by atoms with Crippen molar-refractivity contribution in [1.82, 2.24) is 0 Å². The summed E-state index contributed by atoms with van der Waals surface area (Å²) >= 11 is 0. The standard InChI is InChI=1S/C8H5NO4S/c10-7-5-3-1-2-4-6(5)14(12,13)8(7)9-11/h1-4,11H/b9-8-. The second-order valence-corrected chi connectivity index (χ2v) is 4.57. The molecule has 72 valence electrons. The van der Waals surface area contributed by atoms with E-state index in [2.05, 4.69) is 5.16 Å². The Morgan fingerprint density at radius 1 is 1.21 bits per heavy atom. The molecule has 1 N–H and O–H groups in total. The van der Waals surface area contributed by atoms with E-state index in [1.54, 1.807) is 6.07 Å². The van der Waals surface area contributed by atoms with E-state index in [0.29, 0.717) is 0 Å². The molecule has 0 saturated carbocycles. The minimum atomic E-state index is -3.90. The van der Waals surface area contributed by atoms with Crippen LogP contribution in [0.4, 0.5) is 0 Å². The molecule has 14 heavy (non-hydrogen) atoms. The molecule has 6 heteroatoms. The minimum absolute atomic E-state index is 0.0558. The summed E-state index contributed by atoms with van der Waals surface area (Å²) in [6.07, 6.45) is 0. The van der Waals surface area contributed by atoms with Crippen LogP contribution in [0.3, 0.4) is 0 Å². The van der Waals surface area contributed by atoms with Gasteiger partial charge in [0.1, 0.15) is 0 Å². The molecule has 2 rings (SSSR count). The first-order chi connectivity index (χ1) is 6.59. The molecule has 1 aromatic carbocycles. The van der Waals surface area contributed by atoms with Crippen molar-refractivity contribution < 1.29 is 18.4 Å². The van der Waals surface area contributed by atoms with Gasteiger partial charge in [0.2, 0.25) is 20.7 Å². The summed E-state index contributed by atoms with van der Waals surface area (Å²) in [7, 11) is -3.90. The van der Waals surface area contributed by atoms with Crippen molar-refractivity contribution in [3.63, 3.8) is 0 Å². The number of carbonyl (C=O) groups is 1. The van der Waals surface area contributed by atoms with E-state index in [0.717, 1.165) is 0 Å². The zero-order valence-corrected chi connectivity index (χ0v) is 7.65. The van der Waals surface area contributed by atoms with Crippen molar-refractivity contribution in [2.75, 3.05) is 0 Å². The predicted octanol–water partition coefficient (Wildman–Crippen LogP) is 0.444. The van der Waals surface area contributed by atoms with E-state index in [1.807, 2.05) is 0 Å². The number of benzene rings is 1. The van der Waals surface area contributed by atoms with Gasteiger partial charge in [-0.1, -0.05) is 17.3 Å². The molecular formula is C8H5NO4S. The maximum absolute atomic E-state index is 11.5. The number of hydrogen-bond acceptors (Lipinski definition) is 5. The highest BCUT2D eigenvalue weighted by atomic mass is 32.2. The van der Waals surface area contributed by atoms with Gasteiger partial charge in [-0.25, -0.2) is 8.42 Å². The SMILES string of the molecule is O=C1/C(=N/O)S(=O)(=O)c2ccccc21. The fourth-order valence-electron chi connectivity index (χ4n) is 1.33. The van der Waals surface area contributed by atoms with Crippen LogP contribution in [-0.2, 0) is 9.84 Å². The first-order valence-electron chi connectivity index (χ1n) is 3.70. The Morgan fingerprint density at radius 2 is 1.86 bits per heavy atom. The van der Waals surface area contributed by atoms with Crippen LogP contribution in [0.25, 0.3) is 0 Å². The molecule has 1 aliphatic rings. The van der Waals surface area contributed by atoms with Gasteiger partial charge in [0.25, 0.3) is 0 Å². The summed E-state index contributed by atoms with van der Waals surface area (Å²) in [5.74, 6) is -0.761. The molecule has 1 aromatic rings. The zero-order chi connectivity index (χ0) is 10.3. The maximum atomic E-state index is 11.5. The minimum Gasteiger partial charge on any atom is -0.410 e. The Bertz CT molecular complexity index is 544. The van der Waals surface area contributed by atoms with Gasteiger partial charge in [0, 0.05) is 5.56 Å². The molecule has 0 spiro atoms. The lowest BCUT2D eigenvalue weighted by Crippen LogP contribution is -2.14. The highest BCUT2D eigenvalue weighted by Gasteiger charge is 2.41. The molecule has 0 radical (unpaired) electrons. The second-order valence-electron chi connectivity index (χ2n) is 2.73. The summed E-state index contributed by atoms with van der Waals surface area (Å²) in [5.41, 5.74) is 0.0558. The summed E-state index contributed by atoms with van der Waals surface area (Å²) in [6.45, 7) is 0. The maximum Gasteiger partial charge on any atom is 0.246 e. The van der Waals surface area contributed by atoms with Crippen LogP contribution in [0.2, 0.25) is 0 Å². The first-order valence-corrected chi connectivity index (χ1v) is 5.18. The summed E-state index contributed by atoms with van der Waals surface area (Å²) in [4.78, 5) is 11.3. The zero-order valence-electron chi connectivity index (χ0n) is 6.84. The van der Waals surface area contributed by atoms with Crippen LogP contribution in [0.1, 0.15) is 10.4 Å². The number of rotatable bonds is 0. The van der Waals surface area contributed by atoms with E-state index >= 15 is 0 Å². The highest BCUT2D eigenvalue weighted by Crippen LogP contribution is 2.27. The molecule has 0 atom stereocenters. The normalized spacial score (nSPS) is 21.1. The van der Waals surface area contributed by atoms with Gasteiger partial charge in [0.05, 0.1) is 4.90 Å². The molecule has 1 heterocycles. The molecule has 5 nitrogen and oxygen atoms in total. The average Bonchev–Trinajstić information content (AvgIpc) is 2.36. The van der Waals surface area contributed by atoms with Gasteiger partial charge in [0.15, 0.2) is 0 Å². The van der Waals surface area contributed by atoms with Gasteiger partial charge >= 0.3 is 0 Å². The molecule has 0 fully saturated rings. The van der Waals surface area contributed by atoms with E-state index in [4.69, 9.17) is 5.21 Å². The number of nitrogens with zero attached hydrogens (tertiary/aromatic N) is 1. The average molecular weight is 211 g/mol. The fourth-order valence-corrected chi connectivity index (χ4v) is 2.71. The Morgan fingerprint density at radius 3 is 2.43 bits per heavy atom.